The summed E-state index contributed by atoms with van der Waals surface area (Å²) in [6.45, 7) is 4.41. The number of piperidine rings is 1. The van der Waals surface area contributed by atoms with Gasteiger partial charge in [0, 0.05) is 30.0 Å². The Kier molecular flexibility index (Phi) is 4.66. The van der Waals surface area contributed by atoms with Crippen molar-refractivity contribution in [3.63, 3.8) is 0 Å². The van der Waals surface area contributed by atoms with Gasteiger partial charge >= 0.3 is 0 Å². The number of nitrogens with one attached hydrogen (secondary N) is 2. The molecule has 148 valence electrons. The Morgan fingerprint density at radius 2 is 2.34 bits per heavy atom. The molecule has 5 heterocycles. The minimum Gasteiger partial charge on any atom is -0.483 e. The van der Waals surface area contributed by atoms with Crippen LogP contribution in [0.1, 0.15) is 41.6 Å². The highest BCUT2D eigenvalue weighted by molar-refractivity contribution is 7.10. The van der Waals surface area contributed by atoms with Gasteiger partial charge in [0.25, 0.3) is 0 Å². The van der Waals surface area contributed by atoms with Gasteiger partial charge in [-0.15, -0.1) is 0 Å². The summed E-state index contributed by atoms with van der Waals surface area (Å²) in [6, 6.07) is 6.20. The lowest BCUT2D eigenvalue weighted by molar-refractivity contribution is 0.249. The number of aromatic nitrogens is 4. The molecular weight excluding hydrogens is 386 g/mol. The third-order valence-electron chi connectivity index (χ3n) is 5.39. The molecule has 2 aliphatic heterocycles. The largest absolute Gasteiger partial charge is 0.483 e. The zero-order chi connectivity index (χ0) is 19.8. The van der Waals surface area contributed by atoms with Crippen molar-refractivity contribution >= 4 is 28.0 Å². The maximum atomic E-state index is 9.12. The molecule has 2 unspecified atom stereocenters. The van der Waals surface area contributed by atoms with Crippen LogP contribution in [-0.2, 0) is 4.74 Å². The molecule has 2 atom stereocenters. The number of anilines is 2. The highest BCUT2D eigenvalue weighted by atomic mass is 32.1. The van der Waals surface area contributed by atoms with Crippen molar-refractivity contribution in [3.8, 4) is 6.07 Å². The standard InChI is InChI=1S/C20H21N7OS/c1-12-5-19(29-26-12)25-18-7-17(13-3-2-4-22-9-13)24-20-16(10-23-27(18)20)14-6-15(8-21)28-11-14/h5-7,10,13-14,22,25H,2-4,9,11H2,1H3. The first-order valence-electron chi connectivity index (χ1n) is 9.75. The van der Waals surface area contributed by atoms with E-state index in [2.05, 4.69) is 32.2 Å². The van der Waals surface area contributed by atoms with Crippen LogP contribution < -0.4 is 10.6 Å². The van der Waals surface area contributed by atoms with E-state index in [1.165, 1.54) is 11.5 Å². The van der Waals surface area contributed by atoms with E-state index in [-0.39, 0.29) is 5.92 Å². The molecule has 0 aromatic carbocycles. The summed E-state index contributed by atoms with van der Waals surface area (Å²) in [5.41, 5.74) is 3.82. The van der Waals surface area contributed by atoms with Crippen molar-refractivity contribution in [2.75, 3.05) is 25.0 Å². The van der Waals surface area contributed by atoms with Gasteiger partial charge < -0.3 is 15.4 Å². The fourth-order valence-electron chi connectivity index (χ4n) is 3.92. The zero-order valence-corrected chi connectivity index (χ0v) is 16.9. The number of ether oxygens (including phenoxy) is 1. The second-order valence-corrected chi connectivity index (χ2v) is 8.27. The van der Waals surface area contributed by atoms with E-state index in [4.69, 9.17) is 15.0 Å². The van der Waals surface area contributed by atoms with Crippen molar-refractivity contribution in [1.29, 1.82) is 5.26 Å². The van der Waals surface area contributed by atoms with Crippen LogP contribution in [0.5, 0.6) is 0 Å². The molecule has 0 spiro atoms. The topological polar surface area (TPSA) is 100 Å². The molecule has 0 saturated carbocycles. The summed E-state index contributed by atoms with van der Waals surface area (Å²) in [6.07, 6.45) is 5.95. The average Bonchev–Trinajstić information content (AvgIpc) is 3.48. The third-order valence-corrected chi connectivity index (χ3v) is 6.19. The predicted octanol–water partition coefficient (Wildman–Crippen LogP) is 3.23. The molecule has 29 heavy (non-hydrogen) atoms. The molecule has 3 aromatic heterocycles. The summed E-state index contributed by atoms with van der Waals surface area (Å²) in [7, 11) is 0. The summed E-state index contributed by atoms with van der Waals surface area (Å²) >= 11 is 1.43. The quantitative estimate of drug-likeness (QED) is 0.685. The number of aryl methyl sites for hydroxylation is 1. The molecule has 1 fully saturated rings. The maximum absolute atomic E-state index is 9.12. The molecule has 0 aliphatic carbocycles. The highest BCUT2D eigenvalue weighted by Crippen LogP contribution is 2.33. The monoisotopic (exact) mass is 407 g/mol. The number of hydrogen-bond acceptors (Lipinski definition) is 8. The molecule has 2 N–H and O–H groups in total. The van der Waals surface area contributed by atoms with Crippen molar-refractivity contribution in [3.05, 3.63) is 47.1 Å². The van der Waals surface area contributed by atoms with E-state index >= 15 is 0 Å². The number of allylic oxidation sites excluding steroid dienone is 1. The number of rotatable bonds is 4. The summed E-state index contributed by atoms with van der Waals surface area (Å²) in [5.74, 6) is 1.58. The number of hydrogen-bond donors (Lipinski definition) is 2. The van der Waals surface area contributed by atoms with Crippen molar-refractivity contribution < 1.29 is 4.74 Å². The first kappa shape index (κ1) is 18.1. The number of fused-ring (bicyclic) bond motifs is 1. The summed E-state index contributed by atoms with van der Waals surface area (Å²) in [4.78, 5) is 5.00. The Morgan fingerprint density at radius 1 is 1.41 bits per heavy atom. The van der Waals surface area contributed by atoms with E-state index in [1.54, 1.807) is 0 Å². The molecule has 0 bridgehead atoms. The van der Waals surface area contributed by atoms with Gasteiger partial charge in [-0.1, -0.05) is 0 Å². The van der Waals surface area contributed by atoms with Crippen LogP contribution >= 0.6 is 11.5 Å². The highest BCUT2D eigenvalue weighted by Gasteiger charge is 2.26. The van der Waals surface area contributed by atoms with Gasteiger partial charge in [0.1, 0.15) is 16.9 Å². The molecule has 1 saturated heterocycles. The Bertz CT molecular complexity index is 1120. The van der Waals surface area contributed by atoms with E-state index in [1.807, 2.05) is 29.8 Å². The smallest absolute Gasteiger partial charge is 0.193 e. The minimum atomic E-state index is -0.0205. The van der Waals surface area contributed by atoms with Crippen LogP contribution in [0, 0.1) is 18.3 Å². The van der Waals surface area contributed by atoms with Gasteiger partial charge in [0.2, 0.25) is 0 Å². The molecule has 0 amide bonds. The Labute approximate surface area is 172 Å². The summed E-state index contributed by atoms with van der Waals surface area (Å²) < 4.78 is 11.7. The molecular formula is C20H21N7OS. The van der Waals surface area contributed by atoms with Crippen LogP contribution in [-0.4, -0.2) is 38.7 Å². The van der Waals surface area contributed by atoms with Crippen LogP contribution in [0.3, 0.4) is 0 Å². The average molecular weight is 408 g/mol. The third kappa shape index (κ3) is 3.45. The van der Waals surface area contributed by atoms with E-state index < -0.39 is 0 Å². The van der Waals surface area contributed by atoms with Gasteiger partial charge in [0.05, 0.1) is 24.2 Å². The lowest BCUT2D eigenvalue weighted by atomic mass is 9.95. The van der Waals surface area contributed by atoms with Crippen molar-refractivity contribution in [2.24, 2.45) is 0 Å². The fourth-order valence-corrected chi connectivity index (χ4v) is 4.59. The lowest BCUT2D eigenvalue weighted by Gasteiger charge is -2.23. The molecule has 5 rings (SSSR count). The zero-order valence-electron chi connectivity index (χ0n) is 16.1. The van der Waals surface area contributed by atoms with Gasteiger partial charge in [0.15, 0.2) is 11.4 Å². The molecule has 0 radical (unpaired) electrons. The number of nitriles is 1. The van der Waals surface area contributed by atoms with Crippen LogP contribution in [0.4, 0.5) is 10.8 Å². The summed E-state index contributed by atoms with van der Waals surface area (Å²) in [5, 5.41) is 21.6. The van der Waals surface area contributed by atoms with Crippen LogP contribution in [0.2, 0.25) is 0 Å². The minimum absolute atomic E-state index is 0.0205. The van der Waals surface area contributed by atoms with Gasteiger partial charge in [-0.25, -0.2) is 4.98 Å². The first-order chi connectivity index (χ1) is 14.2. The van der Waals surface area contributed by atoms with E-state index in [9.17, 15) is 0 Å². The predicted molar refractivity (Wildman–Crippen MR) is 110 cm³/mol. The molecule has 2 aliphatic rings. The van der Waals surface area contributed by atoms with Gasteiger partial charge in [-0.2, -0.15) is 19.2 Å². The van der Waals surface area contributed by atoms with E-state index in [0.717, 1.165) is 59.3 Å². The SMILES string of the molecule is Cc1cc(Nc2cc(C3CCCNC3)nc3c(C4C=C(C#N)OC4)cnn23)sn1. The lowest BCUT2D eigenvalue weighted by Crippen LogP contribution is -2.29. The Hall–Kier alpha value is -2.96. The van der Waals surface area contributed by atoms with E-state index in [0.29, 0.717) is 18.3 Å². The normalized spacial score (nSPS) is 21.6. The Balaban J connectivity index is 1.60. The fraction of sp³-hybridized carbons (Fsp3) is 0.400. The first-order valence-corrected chi connectivity index (χ1v) is 10.5. The van der Waals surface area contributed by atoms with Gasteiger partial charge in [-0.3, -0.25) is 0 Å². The van der Waals surface area contributed by atoms with Gasteiger partial charge in [-0.05, 0) is 50.0 Å². The molecule has 9 heteroatoms. The molecule has 8 nitrogen and oxygen atoms in total. The second kappa shape index (κ2) is 7.46. The van der Waals surface area contributed by atoms with Crippen LogP contribution in [0.25, 0.3) is 5.65 Å². The molecule has 3 aromatic rings. The van der Waals surface area contributed by atoms with Crippen molar-refractivity contribution in [1.82, 2.24) is 24.3 Å². The number of nitrogens with zero attached hydrogens (tertiary/aromatic N) is 5. The van der Waals surface area contributed by atoms with Crippen molar-refractivity contribution in [2.45, 2.75) is 31.6 Å². The maximum Gasteiger partial charge on any atom is 0.193 e. The Morgan fingerprint density at radius 3 is 3.07 bits per heavy atom. The van der Waals surface area contributed by atoms with Crippen LogP contribution in [0.15, 0.2) is 30.2 Å². The second-order valence-electron chi connectivity index (χ2n) is 7.46.